The average Bonchev–Trinajstić information content (AvgIpc) is 2.96. The maximum Gasteiger partial charge on any atom is 0.160 e. The van der Waals surface area contributed by atoms with E-state index in [9.17, 15) is 15.3 Å². The first-order valence-corrected chi connectivity index (χ1v) is 14.1. The molecule has 2 aliphatic rings. The fourth-order valence-corrected chi connectivity index (χ4v) is 6.70. The third kappa shape index (κ3) is 4.31. The highest BCUT2D eigenvalue weighted by molar-refractivity contribution is 6.04. The van der Waals surface area contributed by atoms with Gasteiger partial charge in [-0.2, -0.15) is 0 Å². The molecule has 0 spiro atoms. The van der Waals surface area contributed by atoms with E-state index in [1.165, 1.54) is 12.7 Å². The summed E-state index contributed by atoms with van der Waals surface area (Å²) >= 11 is 0. The van der Waals surface area contributed by atoms with Crippen LogP contribution in [0, 0.1) is 0 Å². The van der Waals surface area contributed by atoms with Crippen molar-refractivity contribution < 1.29 is 29.5 Å². The fraction of sp³-hybridized carbons (Fsp3) is 0.353. The van der Waals surface area contributed by atoms with Gasteiger partial charge in [0.2, 0.25) is 0 Å². The zero-order valence-electron chi connectivity index (χ0n) is 23.2. The molecule has 0 fully saturated rings. The van der Waals surface area contributed by atoms with Gasteiger partial charge in [0.25, 0.3) is 0 Å². The van der Waals surface area contributed by atoms with Crippen molar-refractivity contribution >= 4 is 10.8 Å². The van der Waals surface area contributed by atoms with Crippen LogP contribution in [-0.4, -0.2) is 35.6 Å². The summed E-state index contributed by atoms with van der Waals surface area (Å²) in [5.74, 6) is 2.33. The van der Waals surface area contributed by atoms with Crippen LogP contribution in [0.25, 0.3) is 21.9 Å². The molecule has 40 heavy (non-hydrogen) atoms. The van der Waals surface area contributed by atoms with Crippen molar-refractivity contribution in [1.29, 1.82) is 0 Å². The van der Waals surface area contributed by atoms with Crippen molar-refractivity contribution in [3.05, 3.63) is 76.9 Å². The molecular formula is C34H36O6. The number of hydrogen-bond acceptors (Lipinski definition) is 6. The quantitative estimate of drug-likeness (QED) is 0.215. The molecule has 0 amide bonds. The second-order valence-electron chi connectivity index (χ2n) is 11.0. The monoisotopic (exact) mass is 540 g/mol. The summed E-state index contributed by atoms with van der Waals surface area (Å²) < 4.78 is 17.9. The highest BCUT2D eigenvalue weighted by Gasteiger charge is 2.38. The Morgan fingerprint density at radius 2 is 1.62 bits per heavy atom. The van der Waals surface area contributed by atoms with E-state index in [-0.39, 0.29) is 11.7 Å². The number of unbranched alkanes of at least 4 members (excludes halogenated alkanes) is 2. The minimum absolute atomic E-state index is 0.0412. The Balaban J connectivity index is 1.54. The third-order valence-corrected chi connectivity index (χ3v) is 8.55. The molecule has 6 rings (SSSR count). The molecule has 4 aromatic carbocycles. The van der Waals surface area contributed by atoms with Crippen LogP contribution in [-0.2, 0) is 12.8 Å². The number of aliphatic hydroxyl groups excluding tert-OH is 1. The van der Waals surface area contributed by atoms with E-state index >= 15 is 0 Å². The molecule has 0 unspecified atom stereocenters. The van der Waals surface area contributed by atoms with Gasteiger partial charge >= 0.3 is 0 Å². The largest absolute Gasteiger partial charge is 0.507 e. The smallest absolute Gasteiger partial charge is 0.160 e. The minimum Gasteiger partial charge on any atom is -0.507 e. The lowest BCUT2D eigenvalue weighted by Gasteiger charge is -2.38. The normalized spacial score (nSPS) is 19.4. The molecule has 1 aliphatic carbocycles. The van der Waals surface area contributed by atoms with E-state index in [0.29, 0.717) is 23.7 Å². The number of benzene rings is 4. The summed E-state index contributed by atoms with van der Waals surface area (Å²) in [6.07, 6.45) is 4.23. The van der Waals surface area contributed by atoms with E-state index in [4.69, 9.17) is 14.2 Å². The van der Waals surface area contributed by atoms with Crippen molar-refractivity contribution in [2.45, 2.75) is 63.6 Å². The number of ether oxygens (including phenoxy) is 3. The maximum atomic E-state index is 11.4. The predicted molar refractivity (Wildman–Crippen MR) is 156 cm³/mol. The third-order valence-electron chi connectivity index (χ3n) is 8.55. The molecule has 6 nitrogen and oxygen atoms in total. The number of phenols is 2. The number of phenolic OH excluding ortho intramolecular Hbond substituents is 2. The van der Waals surface area contributed by atoms with E-state index in [0.717, 1.165) is 76.4 Å². The Morgan fingerprint density at radius 3 is 2.38 bits per heavy atom. The fourth-order valence-electron chi connectivity index (χ4n) is 6.70. The zero-order chi connectivity index (χ0) is 28.0. The number of rotatable bonds is 7. The second-order valence-corrected chi connectivity index (χ2v) is 11.0. The van der Waals surface area contributed by atoms with Crippen molar-refractivity contribution in [1.82, 2.24) is 0 Å². The number of fused-ring (bicyclic) bond motifs is 7. The van der Waals surface area contributed by atoms with Crippen LogP contribution in [0.4, 0.5) is 0 Å². The SMILES string of the molecule is CCCCC[C@@H]1Cc2cc(O)c3ccccc3c2-c2c(OC)cc3c(c21)C[C@@H](O)[C@H](c1ccc(O)c(OC)c1)O3. The Labute approximate surface area is 234 Å². The first kappa shape index (κ1) is 26.3. The van der Waals surface area contributed by atoms with Crippen molar-refractivity contribution in [2.75, 3.05) is 14.2 Å². The van der Waals surface area contributed by atoms with E-state index < -0.39 is 12.2 Å². The predicted octanol–water partition coefficient (Wildman–Crippen LogP) is 7.19. The number of hydrogen-bond donors (Lipinski definition) is 3. The van der Waals surface area contributed by atoms with E-state index in [1.807, 2.05) is 30.3 Å². The molecule has 1 heterocycles. The van der Waals surface area contributed by atoms with Crippen LogP contribution in [0.1, 0.15) is 66.9 Å². The van der Waals surface area contributed by atoms with Crippen LogP contribution in [0.2, 0.25) is 0 Å². The number of aliphatic hydroxyl groups is 1. The van der Waals surface area contributed by atoms with Gasteiger partial charge in [-0.3, -0.25) is 0 Å². The lowest BCUT2D eigenvalue weighted by atomic mass is 9.71. The molecule has 0 saturated heterocycles. The van der Waals surface area contributed by atoms with E-state index in [1.54, 1.807) is 25.3 Å². The summed E-state index contributed by atoms with van der Waals surface area (Å²) in [6, 6.07) is 16.9. The van der Waals surface area contributed by atoms with Crippen LogP contribution in [0.5, 0.6) is 28.7 Å². The summed E-state index contributed by atoms with van der Waals surface area (Å²) in [4.78, 5) is 0. The lowest BCUT2D eigenvalue weighted by molar-refractivity contribution is 0.0201. The lowest BCUT2D eigenvalue weighted by Crippen LogP contribution is -2.32. The Hall–Kier alpha value is -3.90. The Bertz CT molecular complexity index is 1580. The zero-order valence-corrected chi connectivity index (χ0v) is 23.2. The van der Waals surface area contributed by atoms with Gasteiger partial charge in [-0.15, -0.1) is 0 Å². The standard InChI is InChI=1S/C34H36O6/c1-4-5-6-9-19-14-21-15-26(36)22-10-7-8-11-23(22)32(21)33-30(39-3)18-28-24(31(19)33)17-27(37)34(40-28)20-12-13-25(35)29(16-20)38-2/h7-8,10-13,15-16,18-19,27,34-37H,4-6,9,14,17H2,1-3H3/t19-,27-,34+/m1/s1. The van der Waals surface area contributed by atoms with E-state index in [2.05, 4.69) is 13.0 Å². The first-order chi connectivity index (χ1) is 19.4. The Morgan fingerprint density at radius 1 is 0.850 bits per heavy atom. The summed E-state index contributed by atoms with van der Waals surface area (Å²) in [5.41, 5.74) is 6.20. The van der Waals surface area contributed by atoms with Crippen LogP contribution >= 0.6 is 0 Å². The molecule has 6 heteroatoms. The molecule has 4 aromatic rings. The number of methoxy groups -OCH3 is 2. The topological polar surface area (TPSA) is 88.4 Å². The van der Waals surface area contributed by atoms with Gasteiger partial charge in [0.15, 0.2) is 11.5 Å². The van der Waals surface area contributed by atoms with Gasteiger partial charge in [-0.25, -0.2) is 0 Å². The van der Waals surface area contributed by atoms with Crippen LogP contribution in [0.3, 0.4) is 0 Å². The van der Waals surface area contributed by atoms with Gasteiger partial charge in [0.1, 0.15) is 23.4 Å². The van der Waals surface area contributed by atoms with Gasteiger partial charge in [-0.05, 0) is 64.6 Å². The van der Waals surface area contributed by atoms with Crippen molar-refractivity contribution in [3.63, 3.8) is 0 Å². The molecule has 0 saturated carbocycles. The molecular weight excluding hydrogens is 504 g/mol. The second kappa shape index (κ2) is 10.6. The van der Waals surface area contributed by atoms with Gasteiger partial charge < -0.3 is 29.5 Å². The van der Waals surface area contributed by atoms with Gasteiger partial charge in [0, 0.05) is 29.0 Å². The summed E-state index contributed by atoms with van der Waals surface area (Å²) in [7, 11) is 3.19. The van der Waals surface area contributed by atoms with Crippen LogP contribution < -0.4 is 14.2 Å². The summed E-state index contributed by atoms with van der Waals surface area (Å²) in [6.45, 7) is 2.21. The van der Waals surface area contributed by atoms with Crippen molar-refractivity contribution in [2.24, 2.45) is 0 Å². The first-order valence-electron chi connectivity index (χ1n) is 14.1. The Kier molecular flexibility index (Phi) is 6.97. The minimum atomic E-state index is -0.784. The molecule has 3 atom stereocenters. The molecule has 0 bridgehead atoms. The molecule has 208 valence electrons. The number of aromatic hydroxyl groups is 2. The van der Waals surface area contributed by atoms with Gasteiger partial charge in [-0.1, -0.05) is 56.5 Å². The highest BCUT2D eigenvalue weighted by Crippen LogP contribution is 2.55. The molecule has 1 aliphatic heterocycles. The maximum absolute atomic E-state index is 11.4. The average molecular weight is 541 g/mol. The molecule has 3 N–H and O–H groups in total. The van der Waals surface area contributed by atoms with Gasteiger partial charge in [0.05, 0.1) is 20.3 Å². The summed E-state index contributed by atoms with van der Waals surface area (Å²) in [5, 5.41) is 34.3. The highest BCUT2D eigenvalue weighted by atomic mass is 16.5. The van der Waals surface area contributed by atoms with Crippen LogP contribution in [0.15, 0.2) is 54.6 Å². The van der Waals surface area contributed by atoms with Crippen molar-refractivity contribution in [3.8, 4) is 39.9 Å². The molecule has 0 aromatic heterocycles. The molecule has 0 radical (unpaired) electrons.